The predicted octanol–water partition coefficient (Wildman–Crippen LogP) is 1.75. The topological polar surface area (TPSA) is 41.0 Å². The highest BCUT2D eigenvalue weighted by Gasteiger charge is 2.22. The summed E-state index contributed by atoms with van der Waals surface area (Å²) in [5.41, 5.74) is 1.15. The lowest BCUT2D eigenvalue weighted by atomic mass is 9.99. The Bertz CT molecular complexity index is 367. The third-order valence-electron chi connectivity index (χ3n) is 3.68. The van der Waals surface area contributed by atoms with Gasteiger partial charge in [-0.3, -0.25) is 4.90 Å². The number of nitrogens with zero attached hydrogens (tertiary/aromatic N) is 3. The highest BCUT2D eigenvalue weighted by Crippen LogP contribution is 2.21. The second kappa shape index (κ2) is 6.81. The molecular formula is C14H24N4. The molecule has 0 bridgehead atoms. The smallest absolute Gasteiger partial charge is 0.125 e. The van der Waals surface area contributed by atoms with Gasteiger partial charge >= 0.3 is 0 Å². The Morgan fingerprint density at radius 1 is 1.44 bits per heavy atom. The van der Waals surface area contributed by atoms with E-state index in [0.29, 0.717) is 6.04 Å². The lowest BCUT2D eigenvalue weighted by Crippen LogP contribution is -2.40. The summed E-state index contributed by atoms with van der Waals surface area (Å²) in [6.45, 7) is 5.23. The summed E-state index contributed by atoms with van der Waals surface area (Å²) in [7, 11) is 2.03. The van der Waals surface area contributed by atoms with E-state index in [4.69, 9.17) is 0 Å². The van der Waals surface area contributed by atoms with E-state index in [-0.39, 0.29) is 0 Å². The molecule has 2 heterocycles. The van der Waals surface area contributed by atoms with Crippen molar-refractivity contribution in [2.45, 2.75) is 45.2 Å². The Labute approximate surface area is 110 Å². The van der Waals surface area contributed by atoms with Crippen LogP contribution in [0.25, 0.3) is 0 Å². The Balaban J connectivity index is 1.96. The van der Waals surface area contributed by atoms with Gasteiger partial charge < -0.3 is 5.32 Å². The molecule has 1 fully saturated rings. The zero-order valence-electron chi connectivity index (χ0n) is 11.5. The molecule has 1 aromatic heterocycles. The molecule has 0 radical (unpaired) electrons. The number of nitrogens with one attached hydrogen (secondary N) is 1. The minimum absolute atomic E-state index is 0.710. The molecule has 1 aromatic rings. The van der Waals surface area contributed by atoms with E-state index >= 15 is 0 Å². The van der Waals surface area contributed by atoms with E-state index in [2.05, 4.69) is 20.2 Å². The maximum Gasteiger partial charge on any atom is 0.125 e. The standard InChI is InChI=1S/C14H24N4/c1-12-16-9-6-13(17-12)11-18-10-4-3-5-14(18)7-8-15-2/h6,9,14-15H,3-5,7-8,10-11H2,1-2H3. The second-order valence-corrected chi connectivity index (χ2v) is 5.11. The van der Waals surface area contributed by atoms with Gasteiger partial charge in [-0.05, 0) is 52.4 Å². The highest BCUT2D eigenvalue weighted by atomic mass is 15.2. The van der Waals surface area contributed by atoms with Gasteiger partial charge in [0.15, 0.2) is 0 Å². The van der Waals surface area contributed by atoms with E-state index in [1.54, 1.807) is 0 Å². The van der Waals surface area contributed by atoms with Gasteiger partial charge in [0.25, 0.3) is 0 Å². The van der Waals surface area contributed by atoms with Crippen molar-refractivity contribution in [2.75, 3.05) is 20.1 Å². The van der Waals surface area contributed by atoms with Gasteiger partial charge in [-0.15, -0.1) is 0 Å². The fourth-order valence-corrected chi connectivity index (χ4v) is 2.71. The van der Waals surface area contributed by atoms with Gasteiger partial charge in [0, 0.05) is 18.8 Å². The average Bonchev–Trinajstić information content (AvgIpc) is 2.38. The third-order valence-corrected chi connectivity index (χ3v) is 3.68. The van der Waals surface area contributed by atoms with E-state index in [9.17, 15) is 0 Å². The number of aromatic nitrogens is 2. The summed E-state index contributed by atoms with van der Waals surface area (Å²) < 4.78 is 0. The third kappa shape index (κ3) is 3.75. The molecule has 1 aliphatic heterocycles. The van der Waals surface area contributed by atoms with Crippen LogP contribution in [0.1, 0.15) is 37.2 Å². The molecule has 0 spiro atoms. The number of hydrogen-bond donors (Lipinski definition) is 1. The molecule has 1 aliphatic rings. The van der Waals surface area contributed by atoms with Crippen molar-refractivity contribution in [3.05, 3.63) is 23.8 Å². The summed E-state index contributed by atoms with van der Waals surface area (Å²) in [4.78, 5) is 11.3. The van der Waals surface area contributed by atoms with Gasteiger partial charge in [-0.2, -0.15) is 0 Å². The number of aryl methyl sites for hydroxylation is 1. The van der Waals surface area contributed by atoms with Gasteiger partial charge in [0.05, 0.1) is 5.69 Å². The molecule has 1 unspecified atom stereocenters. The molecule has 1 atom stereocenters. The van der Waals surface area contributed by atoms with Crippen LogP contribution in [-0.4, -0.2) is 41.0 Å². The minimum atomic E-state index is 0.710. The summed E-state index contributed by atoms with van der Waals surface area (Å²) in [6.07, 6.45) is 7.12. The maximum atomic E-state index is 4.51. The van der Waals surface area contributed by atoms with Crippen LogP contribution in [-0.2, 0) is 6.54 Å². The highest BCUT2D eigenvalue weighted by molar-refractivity contribution is 5.02. The van der Waals surface area contributed by atoms with Gasteiger partial charge in [-0.1, -0.05) is 6.42 Å². The van der Waals surface area contributed by atoms with Gasteiger partial charge in [0.1, 0.15) is 5.82 Å². The Morgan fingerprint density at radius 3 is 3.11 bits per heavy atom. The molecular weight excluding hydrogens is 224 g/mol. The van der Waals surface area contributed by atoms with Crippen molar-refractivity contribution in [2.24, 2.45) is 0 Å². The van der Waals surface area contributed by atoms with Crippen LogP contribution < -0.4 is 5.32 Å². The fraction of sp³-hybridized carbons (Fsp3) is 0.714. The molecule has 100 valence electrons. The summed E-state index contributed by atoms with van der Waals surface area (Å²) in [5.74, 6) is 0.872. The lowest BCUT2D eigenvalue weighted by molar-refractivity contribution is 0.131. The number of hydrogen-bond acceptors (Lipinski definition) is 4. The first-order valence-electron chi connectivity index (χ1n) is 6.97. The first kappa shape index (κ1) is 13.4. The zero-order valence-corrected chi connectivity index (χ0v) is 11.5. The van der Waals surface area contributed by atoms with Crippen LogP contribution in [0.5, 0.6) is 0 Å². The van der Waals surface area contributed by atoms with Crippen LogP contribution in [0, 0.1) is 6.92 Å². The van der Waals surface area contributed by atoms with Crippen molar-refractivity contribution in [3.63, 3.8) is 0 Å². The van der Waals surface area contributed by atoms with Crippen molar-refractivity contribution in [1.82, 2.24) is 20.2 Å². The van der Waals surface area contributed by atoms with Crippen molar-refractivity contribution >= 4 is 0 Å². The van der Waals surface area contributed by atoms with E-state index in [0.717, 1.165) is 24.6 Å². The first-order valence-corrected chi connectivity index (χ1v) is 6.97. The first-order chi connectivity index (χ1) is 8.79. The molecule has 4 heteroatoms. The number of rotatable bonds is 5. The summed E-state index contributed by atoms with van der Waals surface area (Å²) in [6, 6.07) is 2.75. The molecule has 0 aliphatic carbocycles. The molecule has 18 heavy (non-hydrogen) atoms. The molecule has 1 N–H and O–H groups in total. The Morgan fingerprint density at radius 2 is 2.33 bits per heavy atom. The largest absolute Gasteiger partial charge is 0.320 e. The average molecular weight is 248 g/mol. The van der Waals surface area contributed by atoms with Crippen molar-refractivity contribution in [1.29, 1.82) is 0 Å². The van der Waals surface area contributed by atoms with Crippen LogP contribution in [0.15, 0.2) is 12.3 Å². The lowest BCUT2D eigenvalue weighted by Gasteiger charge is -2.35. The van der Waals surface area contributed by atoms with Crippen LogP contribution >= 0.6 is 0 Å². The fourth-order valence-electron chi connectivity index (χ4n) is 2.71. The summed E-state index contributed by atoms with van der Waals surface area (Å²) >= 11 is 0. The SMILES string of the molecule is CNCCC1CCCCN1Cc1ccnc(C)n1. The van der Waals surface area contributed by atoms with E-state index in [1.165, 1.54) is 32.2 Å². The van der Waals surface area contributed by atoms with Crippen LogP contribution in [0.2, 0.25) is 0 Å². The quantitative estimate of drug-likeness (QED) is 0.862. The summed E-state index contributed by atoms with van der Waals surface area (Å²) in [5, 5.41) is 3.26. The molecule has 2 rings (SSSR count). The molecule has 1 saturated heterocycles. The van der Waals surface area contributed by atoms with Crippen LogP contribution in [0.3, 0.4) is 0 Å². The molecule has 4 nitrogen and oxygen atoms in total. The maximum absolute atomic E-state index is 4.51. The van der Waals surface area contributed by atoms with Crippen molar-refractivity contribution in [3.8, 4) is 0 Å². The van der Waals surface area contributed by atoms with Crippen LogP contribution in [0.4, 0.5) is 0 Å². The second-order valence-electron chi connectivity index (χ2n) is 5.11. The minimum Gasteiger partial charge on any atom is -0.320 e. The Hall–Kier alpha value is -1.00. The molecule has 0 aromatic carbocycles. The van der Waals surface area contributed by atoms with Crippen molar-refractivity contribution < 1.29 is 0 Å². The van der Waals surface area contributed by atoms with Gasteiger partial charge in [-0.25, -0.2) is 9.97 Å². The normalized spacial score (nSPS) is 21.1. The molecule has 0 saturated carbocycles. The van der Waals surface area contributed by atoms with E-state index in [1.807, 2.05) is 26.2 Å². The van der Waals surface area contributed by atoms with E-state index < -0.39 is 0 Å². The predicted molar refractivity (Wildman–Crippen MR) is 73.4 cm³/mol. The molecule has 0 amide bonds. The Kier molecular flexibility index (Phi) is 5.08. The monoisotopic (exact) mass is 248 g/mol. The zero-order chi connectivity index (χ0) is 12.8. The van der Waals surface area contributed by atoms with Gasteiger partial charge in [0.2, 0.25) is 0 Å². The number of likely N-dealkylation sites (tertiary alicyclic amines) is 1. The number of piperidine rings is 1.